The van der Waals surface area contributed by atoms with Crippen LogP contribution < -0.4 is 10.2 Å². The van der Waals surface area contributed by atoms with Crippen LogP contribution in [0.25, 0.3) is 6.08 Å². The lowest BCUT2D eigenvalue weighted by Crippen LogP contribution is -2.51. The lowest BCUT2D eigenvalue weighted by molar-refractivity contribution is -0.132. The Labute approximate surface area is 196 Å². The van der Waals surface area contributed by atoms with E-state index in [-0.39, 0.29) is 5.75 Å². The summed E-state index contributed by atoms with van der Waals surface area (Å²) in [7, 11) is 0. The number of anilines is 2. The molecule has 0 unspecified atom stereocenters. The predicted molar refractivity (Wildman–Crippen MR) is 134 cm³/mol. The summed E-state index contributed by atoms with van der Waals surface area (Å²) in [5.41, 5.74) is 3.81. The molecule has 0 bridgehead atoms. The Morgan fingerprint density at radius 2 is 1.79 bits per heavy atom. The van der Waals surface area contributed by atoms with E-state index in [0.717, 1.165) is 50.4 Å². The van der Waals surface area contributed by atoms with Gasteiger partial charge in [0.05, 0.1) is 6.54 Å². The summed E-state index contributed by atoms with van der Waals surface area (Å²) < 4.78 is 0. The number of aryl methyl sites for hydroxylation is 1. The van der Waals surface area contributed by atoms with Crippen LogP contribution in [0.5, 0.6) is 5.75 Å². The van der Waals surface area contributed by atoms with E-state index in [0.29, 0.717) is 24.5 Å². The second kappa shape index (κ2) is 12.1. The van der Waals surface area contributed by atoms with Crippen molar-refractivity contribution in [3.05, 3.63) is 60.2 Å². The molecule has 2 saturated heterocycles. The fraction of sp³-hybridized carbons (Fsp3) is 0.385. The highest BCUT2D eigenvalue weighted by molar-refractivity contribution is 5.78. The number of nitrogens with one attached hydrogen (secondary N) is 1. The van der Waals surface area contributed by atoms with Crippen molar-refractivity contribution in [3.8, 4) is 5.75 Å². The van der Waals surface area contributed by atoms with Gasteiger partial charge in [-0.2, -0.15) is 0 Å². The van der Waals surface area contributed by atoms with Crippen LogP contribution in [0.15, 0.2) is 49.0 Å². The van der Waals surface area contributed by atoms with Crippen molar-refractivity contribution < 1.29 is 14.7 Å². The van der Waals surface area contributed by atoms with Crippen LogP contribution in [-0.4, -0.2) is 73.0 Å². The minimum Gasteiger partial charge on any atom is -0.508 e. The van der Waals surface area contributed by atoms with Gasteiger partial charge >= 0.3 is 0 Å². The smallest absolute Gasteiger partial charge is 0.236 e. The topological polar surface area (TPSA) is 76.1 Å². The number of nitrogens with zero attached hydrogens (tertiary/aromatic N) is 3. The third-order valence-electron chi connectivity index (χ3n) is 6.08. The van der Waals surface area contributed by atoms with E-state index in [2.05, 4.69) is 46.0 Å². The van der Waals surface area contributed by atoms with Crippen molar-refractivity contribution in [2.45, 2.75) is 19.8 Å². The molecule has 0 atom stereocenters. The van der Waals surface area contributed by atoms with E-state index in [1.807, 2.05) is 11.0 Å². The second-order valence-corrected chi connectivity index (χ2v) is 8.41. The molecule has 33 heavy (non-hydrogen) atoms. The van der Waals surface area contributed by atoms with Crippen LogP contribution in [-0.2, 0) is 9.59 Å². The number of rotatable bonds is 6. The molecule has 2 aliphatic heterocycles. The van der Waals surface area contributed by atoms with Crippen LogP contribution in [0, 0.1) is 6.92 Å². The van der Waals surface area contributed by atoms with E-state index in [9.17, 15) is 9.59 Å². The zero-order valence-electron chi connectivity index (χ0n) is 19.4. The third-order valence-corrected chi connectivity index (χ3v) is 6.08. The normalized spacial score (nSPS) is 16.0. The largest absolute Gasteiger partial charge is 0.508 e. The standard InChI is InChI=1S/C18H25N3O.C8H9NO2/c1-2-16-6-5-7-17(14-16)20-10-12-21(13-11-20)18(22)15-19-8-3-4-9-19;1-6-4-7(9-5-10)2-3-8(6)11/h2,5-7,14H,1,3-4,8-13,15H2;2-5,11H,1H3,(H,9,10). The monoisotopic (exact) mass is 450 g/mol. The Morgan fingerprint density at radius 3 is 2.42 bits per heavy atom. The average Bonchev–Trinajstić information content (AvgIpc) is 3.35. The highest BCUT2D eigenvalue weighted by atomic mass is 16.3. The van der Waals surface area contributed by atoms with Gasteiger partial charge in [-0.3, -0.25) is 14.5 Å². The Kier molecular flexibility index (Phi) is 8.89. The van der Waals surface area contributed by atoms with Gasteiger partial charge in [0.2, 0.25) is 12.3 Å². The number of carbonyl (C=O) groups is 2. The Morgan fingerprint density at radius 1 is 1.06 bits per heavy atom. The number of hydrogen-bond donors (Lipinski definition) is 2. The van der Waals surface area contributed by atoms with Gasteiger partial charge in [-0.1, -0.05) is 24.8 Å². The molecule has 0 saturated carbocycles. The number of likely N-dealkylation sites (tertiary alicyclic amines) is 1. The Balaban J connectivity index is 0.000000235. The average molecular weight is 451 g/mol. The van der Waals surface area contributed by atoms with E-state index >= 15 is 0 Å². The first-order chi connectivity index (χ1) is 16.0. The number of carbonyl (C=O) groups excluding carboxylic acids is 2. The van der Waals surface area contributed by atoms with Crippen LogP contribution in [0.1, 0.15) is 24.0 Å². The highest BCUT2D eigenvalue weighted by Gasteiger charge is 2.23. The van der Waals surface area contributed by atoms with E-state index in [4.69, 9.17) is 5.11 Å². The third kappa shape index (κ3) is 7.08. The first kappa shape index (κ1) is 24.3. The van der Waals surface area contributed by atoms with Gasteiger partial charge in [-0.25, -0.2) is 0 Å². The molecule has 2 amide bonds. The van der Waals surface area contributed by atoms with Gasteiger partial charge < -0.3 is 20.2 Å². The maximum atomic E-state index is 12.4. The molecule has 7 nitrogen and oxygen atoms in total. The Hall–Kier alpha value is -3.32. The molecule has 2 aromatic rings. The SMILES string of the molecule is C=Cc1cccc(N2CCN(C(=O)CN3CCCC3)CC2)c1.Cc1cc(NC=O)ccc1O. The van der Waals surface area contributed by atoms with Gasteiger partial charge in [-0.05, 0) is 74.3 Å². The highest BCUT2D eigenvalue weighted by Crippen LogP contribution is 2.20. The molecular weight excluding hydrogens is 416 g/mol. The van der Waals surface area contributed by atoms with Gasteiger partial charge in [0.1, 0.15) is 5.75 Å². The van der Waals surface area contributed by atoms with Gasteiger partial charge in [0.25, 0.3) is 0 Å². The maximum absolute atomic E-state index is 12.4. The molecule has 0 aliphatic carbocycles. The molecule has 0 spiro atoms. The molecule has 2 aromatic carbocycles. The first-order valence-corrected chi connectivity index (χ1v) is 11.5. The van der Waals surface area contributed by atoms with Gasteiger partial charge in [0.15, 0.2) is 0 Å². The van der Waals surface area contributed by atoms with E-state index in [1.165, 1.54) is 18.5 Å². The van der Waals surface area contributed by atoms with Crippen molar-refractivity contribution in [1.29, 1.82) is 0 Å². The lowest BCUT2D eigenvalue weighted by Gasteiger charge is -2.36. The lowest BCUT2D eigenvalue weighted by atomic mass is 10.1. The van der Waals surface area contributed by atoms with Gasteiger partial charge in [-0.15, -0.1) is 0 Å². The first-order valence-electron chi connectivity index (χ1n) is 11.5. The van der Waals surface area contributed by atoms with Gasteiger partial charge in [0, 0.05) is 37.6 Å². The molecule has 2 fully saturated rings. The van der Waals surface area contributed by atoms with Crippen LogP contribution >= 0.6 is 0 Å². The molecule has 2 heterocycles. The number of benzene rings is 2. The molecule has 7 heteroatoms. The summed E-state index contributed by atoms with van der Waals surface area (Å²) in [5.74, 6) is 0.530. The summed E-state index contributed by atoms with van der Waals surface area (Å²) >= 11 is 0. The van der Waals surface area contributed by atoms with E-state index in [1.54, 1.807) is 25.1 Å². The van der Waals surface area contributed by atoms with Crippen LogP contribution in [0.2, 0.25) is 0 Å². The molecular formula is C26H34N4O3. The minimum absolute atomic E-state index is 0.237. The summed E-state index contributed by atoms with van der Waals surface area (Å²) in [4.78, 5) is 29.0. The number of hydrogen-bond acceptors (Lipinski definition) is 5. The zero-order valence-corrected chi connectivity index (χ0v) is 19.4. The van der Waals surface area contributed by atoms with E-state index < -0.39 is 0 Å². The Bertz CT molecular complexity index is 948. The summed E-state index contributed by atoms with van der Waals surface area (Å²) in [6.07, 6.45) is 4.95. The number of phenolic OH excluding ortho intramolecular Hbond substituents is 1. The molecule has 4 rings (SSSR count). The quantitative estimate of drug-likeness (QED) is 0.522. The number of aromatic hydroxyl groups is 1. The predicted octanol–water partition coefficient (Wildman–Crippen LogP) is 3.34. The molecule has 0 radical (unpaired) electrons. The zero-order chi connectivity index (χ0) is 23.6. The number of phenols is 1. The van der Waals surface area contributed by atoms with Crippen LogP contribution in [0.3, 0.4) is 0 Å². The molecule has 2 aliphatic rings. The molecule has 2 N–H and O–H groups in total. The number of piperazine rings is 1. The fourth-order valence-corrected chi connectivity index (χ4v) is 4.11. The van der Waals surface area contributed by atoms with Crippen molar-refractivity contribution in [2.75, 3.05) is 56.0 Å². The summed E-state index contributed by atoms with van der Waals surface area (Å²) in [6, 6.07) is 13.3. The van der Waals surface area contributed by atoms with Crippen LogP contribution in [0.4, 0.5) is 11.4 Å². The minimum atomic E-state index is 0.237. The summed E-state index contributed by atoms with van der Waals surface area (Å²) in [5, 5.41) is 11.6. The summed E-state index contributed by atoms with van der Waals surface area (Å²) in [6.45, 7) is 11.8. The second-order valence-electron chi connectivity index (χ2n) is 8.41. The van der Waals surface area contributed by atoms with Crippen molar-refractivity contribution in [3.63, 3.8) is 0 Å². The number of amides is 2. The van der Waals surface area contributed by atoms with Crippen molar-refractivity contribution in [2.24, 2.45) is 0 Å². The fourth-order valence-electron chi connectivity index (χ4n) is 4.11. The molecule has 0 aromatic heterocycles. The van der Waals surface area contributed by atoms with Crippen molar-refractivity contribution >= 4 is 29.8 Å². The molecule has 176 valence electrons. The maximum Gasteiger partial charge on any atom is 0.236 e. The van der Waals surface area contributed by atoms with Crippen molar-refractivity contribution in [1.82, 2.24) is 9.80 Å².